The lowest BCUT2D eigenvalue weighted by molar-refractivity contribution is -0.158. The molecule has 0 bridgehead atoms. The Balaban J connectivity index is 1.38. The van der Waals surface area contributed by atoms with Gasteiger partial charge in [0.15, 0.2) is 5.60 Å². The highest BCUT2D eigenvalue weighted by Gasteiger charge is 2.32. The van der Waals surface area contributed by atoms with Gasteiger partial charge in [0.05, 0.1) is 12.3 Å². The second-order valence-electron chi connectivity index (χ2n) is 10.2. The molecule has 1 fully saturated rings. The zero-order valence-corrected chi connectivity index (χ0v) is 23.0. The Kier molecular flexibility index (Phi) is 8.39. The Labute approximate surface area is 224 Å². The molecule has 0 aliphatic carbocycles. The molecule has 0 saturated carbocycles. The topological polar surface area (TPSA) is 85.7 Å². The average Bonchev–Trinajstić information content (AvgIpc) is 3.31. The second kappa shape index (κ2) is 11.7. The lowest BCUT2D eigenvalue weighted by atomic mass is 10.1. The fourth-order valence-electron chi connectivity index (χ4n) is 4.65. The standard InChI is InChI=1S/C30H38N4O4/c1-6-37-29(36)30(3,4)38-27-15-10-22(18-21(27)2)20-31-28(35)26-19-25(32-33(26)5)23-11-13-24(14-12-23)34-16-8-7-9-17-34/h10-15,18-19H,6-9,16-17,20H2,1-5H3,(H,31,35). The largest absolute Gasteiger partial charge is 0.476 e. The first-order chi connectivity index (χ1) is 18.2. The number of amides is 1. The molecule has 2 aromatic carbocycles. The van der Waals surface area contributed by atoms with Crippen LogP contribution in [0.4, 0.5) is 5.69 Å². The smallest absolute Gasteiger partial charge is 0.349 e. The van der Waals surface area contributed by atoms with E-state index in [1.807, 2.05) is 31.2 Å². The number of nitrogens with one attached hydrogen (secondary N) is 1. The molecule has 1 saturated heterocycles. The third-order valence-electron chi connectivity index (χ3n) is 6.82. The quantitative estimate of drug-likeness (QED) is 0.400. The Morgan fingerprint density at radius 1 is 1.03 bits per heavy atom. The number of hydrogen-bond acceptors (Lipinski definition) is 6. The monoisotopic (exact) mass is 518 g/mol. The molecular formula is C30H38N4O4. The SMILES string of the molecule is CCOC(=O)C(C)(C)Oc1ccc(CNC(=O)c2cc(-c3ccc(N4CCCCC4)cc3)nn2C)cc1C. The van der Waals surface area contributed by atoms with Gasteiger partial charge in [-0.2, -0.15) is 5.10 Å². The van der Waals surface area contributed by atoms with Crippen LogP contribution >= 0.6 is 0 Å². The summed E-state index contributed by atoms with van der Waals surface area (Å²) in [6, 6.07) is 15.9. The maximum Gasteiger partial charge on any atom is 0.349 e. The summed E-state index contributed by atoms with van der Waals surface area (Å²) >= 11 is 0. The molecule has 0 radical (unpaired) electrons. The molecule has 1 aliphatic rings. The van der Waals surface area contributed by atoms with E-state index >= 15 is 0 Å². The van der Waals surface area contributed by atoms with Crippen molar-refractivity contribution in [1.82, 2.24) is 15.1 Å². The zero-order chi connectivity index (χ0) is 27.3. The highest BCUT2D eigenvalue weighted by Crippen LogP contribution is 2.26. The number of nitrogens with zero attached hydrogens (tertiary/aromatic N) is 3. The number of anilines is 1. The van der Waals surface area contributed by atoms with Gasteiger partial charge in [-0.25, -0.2) is 4.79 Å². The molecule has 202 valence electrons. The van der Waals surface area contributed by atoms with Crippen LogP contribution in [0.1, 0.15) is 61.6 Å². The van der Waals surface area contributed by atoms with Gasteiger partial charge in [0.2, 0.25) is 0 Å². The summed E-state index contributed by atoms with van der Waals surface area (Å²) in [6.07, 6.45) is 3.79. The zero-order valence-electron chi connectivity index (χ0n) is 23.0. The summed E-state index contributed by atoms with van der Waals surface area (Å²) in [5, 5.41) is 7.56. The van der Waals surface area contributed by atoms with E-state index < -0.39 is 11.6 Å². The average molecular weight is 519 g/mol. The lowest BCUT2D eigenvalue weighted by Gasteiger charge is -2.28. The van der Waals surface area contributed by atoms with Crippen molar-refractivity contribution in [3.63, 3.8) is 0 Å². The van der Waals surface area contributed by atoms with Crippen LogP contribution in [0, 0.1) is 6.92 Å². The van der Waals surface area contributed by atoms with Crippen LogP contribution in [0.25, 0.3) is 11.3 Å². The van der Waals surface area contributed by atoms with E-state index in [2.05, 4.69) is 39.6 Å². The third kappa shape index (κ3) is 6.36. The number of piperidine rings is 1. The lowest BCUT2D eigenvalue weighted by Crippen LogP contribution is -2.39. The van der Waals surface area contributed by atoms with Crippen molar-refractivity contribution in [3.8, 4) is 17.0 Å². The van der Waals surface area contributed by atoms with Gasteiger partial charge in [0.25, 0.3) is 5.91 Å². The highest BCUT2D eigenvalue weighted by molar-refractivity contribution is 5.93. The van der Waals surface area contributed by atoms with Crippen molar-refractivity contribution in [3.05, 3.63) is 65.4 Å². The van der Waals surface area contributed by atoms with Gasteiger partial charge < -0.3 is 19.7 Å². The van der Waals surface area contributed by atoms with Crippen molar-refractivity contribution in [1.29, 1.82) is 0 Å². The minimum absolute atomic E-state index is 0.197. The molecule has 8 heteroatoms. The van der Waals surface area contributed by atoms with E-state index in [1.54, 1.807) is 32.5 Å². The fourth-order valence-corrected chi connectivity index (χ4v) is 4.65. The minimum Gasteiger partial charge on any atom is -0.476 e. The number of carbonyl (C=O) groups is 2. The molecule has 1 aliphatic heterocycles. The van der Waals surface area contributed by atoms with Gasteiger partial charge in [-0.3, -0.25) is 9.48 Å². The summed E-state index contributed by atoms with van der Waals surface area (Å²) in [7, 11) is 1.78. The summed E-state index contributed by atoms with van der Waals surface area (Å²) in [4.78, 5) is 27.5. The van der Waals surface area contributed by atoms with Crippen molar-refractivity contribution in [2.45, 2.75) is 59.1 Å². The summed E-state index contributed by atoms with van der Waals surface area (Å²) in [6.45, 7) is 9.91. The maximum absolute atomic E-state index is 13.0. The Bertz CT molecular complexity index is 1270. The van der Waals surface area contributed by atoms with Crippen LogP contribution < -0.4 is 15.0 Å². The number of esters is 1. The van der Waals surface area contributed by atoms with Crippen LogP contribution in [-0.2, 0) is 23.1 Å². The molecule has 1 amide bonds. The second-order valence-corrected chi connectivity index (χ2v) is 10.2. The van der Waals surface area contributed by atoms with Crippen LogP contribution in [0.5, 0.6) is 5.75 Å². The van der Waals surface area contributed by atoms with Crippen molar-refractivity contribution in [2.75, 3.05) is 24.6 Å². The molecular weight excluding hydrogens is 480 g/mol. The minimum atomic E-state index is -1.10. The van der Waals surface area contributed by atoms with E-state index in [9.17, 15) is 9.59 Å². The first-order valence-electron chi connectivity index (χ1n) is 13.3. The molecule has 0 atom stereocenters. The predicted molar refractivity (Wildman–Crippen MR) is 148 cm³/mol. The van der Waals surface area contributed by atoms with Crippen molar-refractivity contribution < 1.29 is 19.1 Å². The Morgan fingerprint density at radius 2 is 1.74 bits per heavy atom. The molecule has 38 heavy (non-hydrogen) atoms. The van der Waals surface area contributed by atoms with Crippen LogP contribution in [-0.4, -0.2) is 47.0 Å². The number of hydrogen-bond donors (Lipinski definition) is 1. The maximum atomic E-state index is 13.0. The van der Waals surface area contributed by atoms with Gasteiger partial charge in [0, 0.05) is 37.9 Å². The number of aryl methyl sites for hydroxylation is 2. The van der Waals surface area contributed by atoms with E-state index in [4.69, 9.17) is 9.47 Å². The highest BCUT2D eigenvalue weighted by atomic mass is 16.6. The van der Waals surface area contributed by atoms with Crippen molar-refractivity contribution >= 4 is 17.6 Å². The van der Waals surface area contributed by atoms with Crippen LogP contribution in [0.15, 0.2) is 48.5 Å². The number of ether oxygens (including phenoxy) is 2. The van der Waals surface area contributed by atoms with Crippen LogP contribution in [0.2, 0.25) is 0 Å². The molecule has 4 rings (SSSR count). The first kappa shape index (κ1) is 27.2. The summed E-state index contributed by atoms with van der Waals surface area (Å²) in [5.74, 6) is -0.0115. The normalized spacial score (nSPS) is 13.8. The van der Waals surface area contributed by atoms with Gasteiger partial charge in [-0.1, -0.05) is 24.3 Å². The van der Waals surface area contributed by atoms with E-state index in [0.717, 1.165) is 35.5 Å². The fraction of sp³-hybridized carbons (Fsp3) is 0.433. The van der Waals surface area contributed by atoms with Gasteiger partial charge >= 0.3 is 5.97 Å². The molecule has 3 aromatic rings. The van der Waals surface area contributed by atoms with E-state index in [1.165, 1.54) is 24.9 Å². The third-order valence-corrected chi connectivity index (χ3v) is 6.82. The van der Waals surface area contributed by atoms with E-state index in [-0.39, 0.29) is 5.91 Å². The molecule has 1 N–H and O–H groups in total. The molecule has 1 aromatic heterocycles. The van der Waals surface area contributed by atoms with Gasteiger partial charge in [0.1, 0.15) is 11.4 Å². The number of carbonyl (C=O) groups excluding carboxylic acids is 2. The predicted octanol–water partition coefficient (Wildman–Crippen LogP) is 5.04. The molecule has 2 heterocycles. The van der Waals surface area contributed by atoms with Gasteiger partial charge in [-0.15, -0.1) is 0 Å². The van der Waals surface area contributed by atoms with E-state index in [0.29, 0.717) is 24.6 Å². The number of rotatable bonds is 9. The summed E-state index contributed by atoms with van der Waals surface area (Å²) < 4.78 is 12.6. The molecule has 0 unspecified atom stereocenters. The van der Waals surface area contributed by atoms with Gasteiger partial charge in [-0.05, 0) is 82.3 Å². The van der Waals surface area contributed by atoms with Crippen LogP contribution in [0.3, 0.4) is 0 Å². The number of benzene rings is 2. The first-order valence-corrected chi connectivity index (χ1v) is 13.3. The summed E-state index contributed by atoms with van der Waals surface area (Å²) in [5.41, 5.74) is 4.17. The van der Waals surface area contributed by atoms with Crippen molar-refractivity contribution in [2.24, 2.45) is 7.05 Å². The Hall–Kier alpha value is -3.81. The number of aromatic nitrogens is 2. The molecule has 8 nitrogen and oxygen atoms in total. The molecule has 0 spiro atoms. The Morgan fingerprint density at radius 3 is 2.39 bits per heavy atom.